The van der Waals surface area contributed by atoms with Crippen LogP contribution in [0.25, 0.3) is 0 Å². The van der Waals surface area contributed by atoms with Crippen LogP contribution < -0.4 is 9.62 Å². The topological polar surface area (TPSA) is 119 Å². The van der Waals surface area contributed by atoms with Crippen molar-refractivity contribution in [2.75, 3.05) is 11.9 Å². The molecule has 150 valence electrons. The summed E-state index contributed by atoms with van der Waals surface area (Å²) in [5, 5.41) is 17.5. The summed E-state index contributed by atoms with van der Waals surface area (Å²) in [5.74, 6) is -0.448. The lowest BCUT2D eigenvalue weighted by Gasteiger charge is -2.40. The average molecular weight is 405 g/mol. The zero-order chi connectivity index (χ0) is 20.3. The predicted octanol–water partition coefficient (Wildman–Crippen LogP) is 0.917. The summed E-state index contributed by atoms with van der Waals surface area (Å²) in [6.45, 7) is 3.80. The molecule has 0 saturated heterocycles. The summed E-state index contributed by atoms with van der Waals surface area (Å²) in [7, 11) is -2.09. The fourth-order valence-corrected chi connectivity index (χ4v) is 4.80. The van der Waals surface area contributed by atoms with Crippen LogP contribution in [0.4, 0.5) is 5.69 Å². The minimum Gasteiger partial charge on any atom is -0.356 e. The molecule has 1 aromatic carbocycles. The van der Waals surface area contributed by atoms with Gasteiger partial charge in [0.05, 0.1) is 28.4 Å². The number of hydrogen-bond donors (Lipinski definition) is 3. The van der Waals surface area contributed by atoms with E-state index in [-0.39, 0.29) is 17.0 Å². The minimum absolute atomic E-state index is 0.0353. The third-order valence-electron chi connectivity index (χ3n) is 5.25. The van der Waals surface area contributed by atoms with Crippen molar-refractivity contribution in [3.05, 3.63) is 41.2 Å². The van der Waals surface area contributed by atoms with Crippen molar-refractivity contribution >= 4 is 21.6 Å². The molecule has 1 fully saturated rings. The Balaban J connectivity index is 1.68. The monoisotopic (exact) mass is 405 g/mol. The fraction of sp³-hybridized carbons (Fsp3) is 0.444. The Morgan fingerprint density at radius 1 is 1.36 bits per heavy atom. The van der Waals surface area contributed by atoms with Crippen LogP contribution in [0.5, 0.6) is 0 Å². The van der Waals surface area contributed by atoms with Crippen LogP contribution in [0.2, 0.25) is 0 Å². The van der Waals surface area contributed by atoms with E-state index in [1.54, 1.807) is 19.2 Å². The standard InChI is InChI=1S/C18H23N5O4S/c1-11-8-12(20-19-11)10-23-16(24)14-9-13(4-5-15(14)22(3)17(23)25)28(26,27)21-18(2)6-7-18/h4-5,8-9,17,21,25H,6-7,10H2,1-3H3,(H,19,20). The van der Waals surface area contributed by atoms with E-state index in [4.69, 9.17) is 0 Å². The Hall–Kier alpha value is -2.43. The number of nitrogens with zero attached hydrogens (tertiary/aromatic N) is 3. The molecule has 3 N–H and O–H groups in total. The van der Waals surface area contributed by atoms with Crippen LogP contribution in [0, 0.1) is 6.92 Å². The second kappa shape index (κ2) is 6.29. The number of hydrogen-bond acceptors (Lipinski definition) is 6. The number of aromatic nitrogens is 2. The summed E-state index contributed by atoms with van der Waals surface area (Å²) in [6, 6.07) is 6.17. The van der Waals surface area contributed by atoms with Gasteiger partial charge in [-0.2, -0.15) is 5.10 Å². The molecule has 28 heavy (non-hydrogen) atoms. The molecule has 0 radical (unpaired) electrons. The van der Waals surface area contributed by atoms with Gasteiger partial charge in [-0.05, 0) is 51.0 Å². The molecule has 9 nitrogen and oxygen atoms in total. The van der Waals surface area contributed by atoms with Crippen LogP contribution in [0.15, 0.2) is 29.2 Å². The first-order chi connectivity index (χ1) is 13.1. The van der Waals surface area contributed by atoms with Gasteiger partial charge in [0, 0.05) is 18.3 Å². The highest BCUT2D eigenvalue weighted by Crippen LogP contribution is 2.37. The number of carbonyl (C=O) groups is 1. The molecule has 1 saturated carbocycles. The Morgan fingerprint density at radius 2 is 2.07 bits per heavy atom. The fourth-order valence-electron chi connectivity index (χ4n) is 3.31. The third kappa shape index (κ3) is 3.27. The van der Waals surface area contributed by atoms with Crippen LogP contribution in [-0.4, -0.2) is 53.5 Å². The largest absolute Gasteiger partial charge is 0.356 e. The normalized spacial score (nSPS) is 21.0. The highest BCUT2D eigenvalue weighted by molar-refractivity contribution is 7.89. The van der Waals surface area contributed by atoms with E-state index in [0.29, 0.717) is 11.4 Å². The van der Waals surface area contributed by atoms with E-state index in [1.165, 1.54) is 21.9 Å². The number of benzene rings is 1. The lowest BCUT2D eigenvalue weighted by atomic mass is 10.1. The maximum atomic E-state index is 13.0. The first-order valence-corrected chi connectivity index (χ1v) is 10.5. The predicted molar refractivity (Wildman–Crippen MR) is 102 cm³/mol. The lowest BCUT2D eigenvalue weighted by molar-refractivity contribution is -0.000125. The van der Waals surface area contributed by atoms with Gasteiger partial charge in [0.1, 0.15) is 0 Å². The number of aryl methyl sites for hydroxylation is 1. The molecular formula is C18H23N5O4S. The van der Waals surface area contributed by atoms with Crippen molar-refractivity contribution in [1.29, 1.82) is 0 Å². The number of aliphatic hydroxyl groups excluding tert-OH is 1. The molecule has 1 aromatic heterocycles. The molecule has 1 aliphatic carbocycles. The molecule has 1 atom stereocenters. The summed E-state index contributed by atoms with van der Waals surface area (Å²) in [4.78, 5) is 15.9. The van der Waals surface area contributed by atoms with E-state index >= 15 is 0 Å². The van der Waals surface area contributed by atoms with Gasteiger partial charge in [-0.15, -0.1) is 0 Å². The van der Waals surface area contributed by atoms with Gasteiger partial charge in [-0.3, -0.25) is 14.8 Å². The van der Waals surface area contributed by atoms with Crippen LogP contribution in [0.3, 0.4) is 0 Å². The van der Waals surface area contributed by atoms with Crippen LogP contribution in [-0.2, 0) is 16.6 Å². The maximum Gasteiger partial charge on any atom is 0.259 e. The smallest absolute Gasteiger partial charge is 0.259 e. The molecule has 0 bridgehead atoms. The third-order valence-corrected chi connectivity index (χ3v) is 6.88. The number of carbonyl (C=O) groups excluding carboxylic acids is 1. The summed E-state index contributed by atoms with van der Waals surface area (Å²) in [6.07, 6.45) is 0.409. The first kappa shape index (κ1) is 18.9. The van der Waals surface area contributed by atoms with E-state index in [0.717, 1.165) is 18.5 Å². The highest BCUT2D eigenvalue weighted by Gasteiger charge is 2.42. The summed E-state index contributed by atoms with van der Waals surface area (Å²) >= 11 is 0. The summed E-state index contributed by atoms with van der Waals surface area (Å²) < 4.78 is 28.1. The van der Waals surface area contributed by atoms with Crippen molar-refractivity contribution in [1.82, 2.24) is 19.8 Å². The zero-order valence-electron chi connectivity index (χ0n) is 15.9. The molecule has 1 amide bonds. The second-order valence-electron chi connectivity index (χ2n) is 7.78. The summed E-state index contributed by atoms with van der Waals surface area (Å²) in [5.41, 5.74) is 1.74. The van der Waals surface area contributed by atoms with Crippen molar-refractivity contribution in [2.45, 2.75) is 50.0 Å². The van der Waals surface area contributed by atoms with Gasteiger partial charge < -0.3 is 10.0 Å². The van der Waals surface area contributed by atoms with Gasteiger partial charge >= 0.3 is 0 Å². The SMILES string of the molecule is Cc1cc(CN2C(=O)c3cc(S(=O)(=O)NC4(C)CC4)ccc3N(C)C2O)n[nH]1. The molecule has 2 aromatic rings. The number of aromatic amines is 1. The Bertz CT molecular complexity index is 1040. The van der Waals surface area contributed by atoms with Crippen molar-refractivity contribution in [3.8, 4) is 0 Å². The van der Waals surface area contributed by atoms with E-state index in [2.05, 4.69) is 14.9 Å². The van der Waals surface area contributed by atoms with Crippen LogP contribution in [0.1, 0.15) is 41.5 Å². The number of anilines is 1. The zero-order valence-corrected chi connectivity index (χ0v) is 16.7. The number of sulfonamides is 1. The minimum atomic E-state index is -3.74. The van der Waals surface area contributed by atoms with Gasteiger partial charge in [0.2, 0.25) is 16.4 Å². The Kier molecular flexibility index (Phi) is 4.25. The number of fused-ring (bicyclic) bond motifs is 1. The number of H-pyrrole nitrogens is 1. The quantitative estimate of drug-likeness (QED) is 0.681. The van der Waals surface area contributed by atoms with Crippen molar-refractivity contribution in [3.63, 3.8) is 0 Å². The van der Waals surface area contributed by atoms with E-state index < -0.39 is 27.8 Å². The molecule has 10 heteroatoms. The average Bonchev–Trinajstić information content (AvgIpc) is 3.20. The molecule has 0 spiro atoms. The number of rotatable bonds is 5. The van der Waals surface area contributed by atoms with Gasteiger partial charge in [-0.1, -0.05) is 0 Å². The van der Waals surface area contributed by atoms with Crippen LogP contribution >= 0.6 is 0 Å². The molecule has 1 unspecified atom stereocenters. The molecule has 1 aliphatic heterocycles. The molecule has 2 heterocycles. The van der Waals surface area contributed by atoms with Gasteiger partial charge in [-0.25, -0.2) is 13.1 Å². The second-order valence-corrected chi connectivity index (χ2v) is 9.46. The highest BCUT2D eigenvalue weighted by atomic mass is 32.2. The molecule has 2 aliphatic rings. The first-order valence-electron chi connectivity index (χ1n) is 9.00. The van der Waals surface area contributed by atoms with E-state index in [1.807, 2.05) is 13.8 Å². The number of aliphatic hydroxyl groups is 1. The Labute approximate surface area is 163 Å². The van der Waals surface area contributed by atoms with E-state index in [9.17, 15) is 18.3 Å². The lowest BCUT2D eigenvalue weighted by Crippen LogP contribution is -2.53. The number of amides is 1. The van der Waals surface area contributed by atoms with Crippen molar-refractivity contribution in [2.24, 2.45) is 0 Å². The van der Waals surface area contributed by atoms with Crippen molar-refractivity contribution < 1.29 is 18.3 Å². The molecule has 4 rings (SSSR count). The van der Waals surface area contributed by atoms with Gasteiger partial charge in [0.25, 0.3) is 5.91 Å². The maximum absolute atomic E-state index is 13.0. The van der Waals surface area contributed by atoms with Gasteiger partial charge in [0.15, 0.2) is 0 Å². The Morgan fingerprint density at radius 3 is 2.68 bits per heavy atom. The number of nitrogens with one attached hydrogen (secondary N) is 2. The molecular weight excluding hydrogens is 382 g/mol.